The molecule has 1 nitrogen and oxygen atoms in total. The molecule has 2 aromatic rings. The van der Waals surface area contributed by atoms with Gasteiger partial charge in [-0.3, -0.25) is 0 Å². The van der Waals surface area contributed by atoms with E-state index in [1.54, 1.807) is 0 Å². The van der Waals surface area contributed by atoms with Crippen molar-refractivity contribution >= 4 is 18.7 Å². The Balaban J connectivity index is 2.16. The summed E-state index contributed by atoms with van der Waals surface area (Å²) in [6.07, 6.45) is 8.41. The van der Waals surface area contributed by atoms with Gasteiger partial charge in [-0.2, -0.15) is 0 Å². The molecular formula is C23H30OSi. The van der Waals surface area contributed by atoms with Gasteiger partial charge in [-0.05, 0) is 40.8 Å². The van der Waals surface area contributed by atoms with Gasteiger partial charge in [0.25, 0.3) is 0 Å². The molecule has 0 aliphatic heterocycles. The van der Waals surface area contributed by atoms with Crippen LogP contribution in [0.3, 0.4) is 0 Å². The number of hydrogen-bond donors (Lipinski definition) is 0. The van der Waals surface area contributed by atoms with E-state index < -0.39 is 8.32 Å². The number of allylic oxidation sites excluding steroid dienone is 2. The second-order valence-corrected chi connectivity index (χ2v) is 12.3. The lowest BCUT2D eigenvalue weighted by Crippen LogP contribution is -2.66. The van der Waals surface area contributed by atoms with E-state index in [9.17, 15) is 0 Å². The maximum Gasteiger partial charge on any atom is 0.319 e. The van der Waals surface area contributed by atoms with Gasteiger partial charge in [0.1, 0.15) is 0 Å². The maximum atomic E-state index is 7.10. The normalized spacial score (nSPS) is 16.0. The number of benzene rings is 2. The van der Waals surface area contributed by atoms with Crippen molar-refractivity contribution in [3.05, 3.63) is 72.5 Å². The van der Waals surface area contributed by atoms with Crippen LogP contribution >= 0.6 is 0 Å². The van der Waals surface area contributed by atoms with Crippen molar-refractivity contribution in [2.24, 2.45) is 0 Å². The maximum absolute atomic E-state index is 7.10. The fourth-order valence-electron chi connectivity index (χ4n) is 3.92. The summed E-state index contributed by atoms with van der Waals surface area (Å²) in [4.78, 5) is 0. The van der Waals surface area contributed by atoms with Crippen LogP contribution in [0.1, 0.15) is 52.9 Å². The Kier molecular flexibility index (Phi) is 5.48. The molecule has 1 aliphatic carbocycles. The quantitative estimate of drug-likeness (QED) is 0.670. The second-order valence-electron chi connectivity index (χ2n) is 8.04. The Labute approximate surface area is 153 Å². The summed E-state index contributed by atoms with van der Waals surface area (Å²) in [6, 6.07) is 21.9. The Morgan fingerprint density at radius 2 is 1.32 bits per heavy atom. The first-order valence-electron chi connectivity index (χ1n) is 9.53. The molecule has 2 aromatic carbocycles. The molecule has 0 radical (unpaired) electrons. The molecule has 0 fully saturated rings. The van der Waals surface area contributed by atoms with E-state index in [1.165, 1.54) is 35.4 Å². The molecule has 0 unspecified atom stereocenters. The number of rotatable bonds is 4. The van der Waals surface area contributed by atoms with Crippen molar-refractivity contribution < 1.29 is 4.43 Å². The van der Waals surface area contributed by atoms with Crippen LogP contribution < -0.4 is 10.4 Å². The van der Waals surface area contributed by atoms with Gasteiger partial charge in [-0.1, -0.05) is 87.9 Å². The lowest BCUT2D eigenvalue weighted by molar-refractivity contribution is 0.375. The standard InChI is InChI=1S/C23H30OSi/c1-23(2,3)25(21-16-10-6-11-17-21,22-18-12-7-13-19-22)24-20-14-8-4-5-9-15-20/h6-7,10-14,16-19H,4-5,8-9,15H2,1-3H3. The predicted octanol–water partition coefficient (Wildman–Crippen LogP) is 5.41. The fraction of sp³-hybridized carbons (Fsp3) is 0.391. The molecular weight excluding hydrogens is 320 g/mol. The zero-order valence-electron chi connectivity index (χ0n) is 15.8. The van der Waals surface area contributed by atoms with E-state index in [-0.39, 0.29) is 5.04 Å². The predicted molar refractivity (Wildman–Crippen MR) is 110 cm³/mol. The first-order valence-corrected chi connectivity index (χ1v) is 11.4. The highest BCUT2D eigenvalue weighted by molar-refractivity contribution is 6.99. The largest absolute Gasteiger partial charge is 0.537 e. The van der Waals surface area contributed by atoms with Crippen molar-refractivity contribution in [3.63, 3.8) is 0 Å². The Morgan fingerprint density at radius 3 is 1.84 bits per heavy atom. The van der Waals surface area contributed by atoms with Crippen molar-refractivity contribution in [1.82, 2.24) is 0 Å². The van der Waals surface area contributed by atoms with Crippen LogP contribution in [0.4, 0.5) is 0 Å². The van der Waals surface area contributed by atoms with Gasteiger partial charge in [0.05, 0.1) is 5.76 Å². The van der Waals surface area contributed by atoms with Crippen LogP contribution in [0.2, 0.25) is 5.04 Å². The Hall–Kier alpha value is -1.80. The minimum absolute atomic E-state index is 0.0445. The zero-order chi connectivity index (χ0) is 17.8. The van der Waals surface area contributed by atoms with Crippen LogP contribution in [0.5, 0.6) is 0 Å². The van der Waals surface area contributed by atoms with Crippen LogP contribution in [-0.2, 0) is 4.43 Å². The summed E-state index contributed by atoms with van der Waals surface area (Å²) < 4.78 is 7.10. The third-order valence-electron chi connectivity index (χ3n) is 5.20. The summed E-state index contributed by atoms with van der Waals surface area (Å²) >= 11 is 0. The topological polar surface area (TPSA) is 9.23 Å². The highest BCUT2D eigenvalue weighted by Crippen LogP contribution is 2.39. The van der Waals surface area contributed by atoms with Crippen molar-refractivity contribution in [2.45, 2.75) is 57.9 Å². The van der Waals surface area contributed by atoms with E-state index in [0.717, 1.165) is 12.8 Å². The molecule has 1 aliphatic rings. The second kappa shape index (κ2) is 7.61. The van der Waals surface area contributed by atoms with Gasteiger partial charge in [0.15, 0.2) is 0 Å². The summed E-state index contributed by atoms with van der Waals surface area (Å²) in [5.74, 6) is 1.21. The van der Waals surface area contributed by atoms with Crippen LogP contribution in [-0.4, -0.2) is 8.32 Å². The van der Waals surface area contributed by atoms with Crippen LogP contribution in [0, 0.1) is 0 Å². The van der Waals surface area contributed by atoms with E-state index >= 15 is 0 Å². The smallest absolute Gasteiger partial charge is 0.319 e. The SMILES string of the molecule is CC(C)(C)[Si](OC1=CCCCCC1)(c1ccccc1)c1ccccc1. The molecule has 0 N–H and O–H groups in total. The average molecular weight is 351 g/mol. The molecule has 3 rings (SSSR count). The lowest BCUT2D eigenvalue weighted by atomic mass is 10.2. The van der Waals surface area contributed by atoms with Gasteiger partial charge < -0.3 is 4.43 Å². The Bertz CT molecular complexity index is 658. The van der Waals surface area contributed by atoms with Gasteiger partial charge in [-0.25, -0.2) is 0 Å². The molecule has 0 saturated carbocycles. The molecule has 0 aromatic heterocycles. The summed E-state index contributed by atoms with van der Waals surface area (Å²) in [5, 5.41) is 2.76. The average Bonchev–Trinajstić information content (AvgIpc) is 2.89. The third kappa shape index (κ3) is 3.74. The van der Waals surface area contributed by atoms with Gasteiger partial charge in [0, 0.05) is 6.42 Å². The van der Waals surface area contributed by atoms with Crippen molar-refractivity contribution in [3.8, 4) is 0 Å². The monoisotopic (exact) mass is 350 g/mol. The minimum Gasteiger partial charge on any atom is -0.537 e. The molecule has 0 amide bonds. The fourth-order valence-corrected chi connectivity index (χ4v) is 8.43. The molecule has 0 bridgehead atoms. The lowest BCUT2D eigenvalue weighted by Gasteiger charge is -2.43. The van der Waals surface area contributed by atoms with Gasteiger partial charge >= 0.3 is 8.32 Å². The molecule has 0 atom stereocenters. The summed E-state index contributed by atoms with van der Waals surface area (Å²) in [5.41, 5.74) is 0. The first kappa shape index (κ1) is 18.0. The molecule has 25 heavy (non-hydrogen) atoms. The molecule has 0 saturated heterocycles. The van der Waals surface area contributed by atoms with Crippen LogP contribution in [0.15, 0.2) is 72.5 Å². The van der Waals surface area contributed by atoms with Crippen molar-refractivity contribution in [1.29, 1.82) is 0 Å². The molecule has 0 heterocycles. The summed E-state index contributed by atoms with van der Waals surface area (Å²) in [7, 11) is -2.43. The molecule has 2 heteroatoms. The minimum atomic E-state index is -2.43. The summed E-state index contributed by atoms with van der Waals surface area (Å²) in [6.45, 7) is 7.03. The molecule has 0 spiro atoms. The van der Waals surface area contributed by atoms with E-state index in [4.69, 9.17) is 4.43 Å². The Morgan fingerprint density at radius 1 is 0.760 bits per heavy atom. The van der Waals surface area contributed by atoms with Crippen LogP contribution in [0.25, 0.3) is 0 Å². The van der Waals surface area contributed by atoms with Gasteiger partial charge in [0.2, 0.25) is 0 Å². The number of hydrogen-bond acceptors (Lipinski definition) is 1. The van der Waals surface area contributed by atoms with E-state index in [1.807, 2.05) is 0 Å². The van der Waals surface area contributed by atoms with E-state index in [2.05, 4.69) is 87.5 Å². The zero-order valence-corrected chi connectivity index (χ0v) is 16.8. The van der Waals surface area contributed by atoms with Crippen molar-refractivity contribution in [2.75, 3.05) is 0 Å². The molecule has 132 valence electrons. The first-order chi connectivity index (χ1) is 12.0. The highest BCUT2D eigenvalue weighted by atomic mass is 28.4. The highest BCUT2D eigenvalue weighted by Gasteiger charge is 2.52. The third-order valence-corrected chi connectivity index (χ3v) is 10.2. The van der Waals surface area contributed by atoms with Gasteiger partial charge in [-0.15, -0.1) is 0 Å². The van der Waals surface area contributed by atoms with E-state index in [0.29, 0.717) is 0 Å².